The number of fused-ring (bicyclic) bond motifs is 3. The molecule has 0 amide bonds. The van der Waals surface area contributed by atoms with Crippen molar-refractivity contribution in [1.82, 2.24) is 9.55 Å². The first-order chi connectivity index (χ1) is 11.0. The van der Waals surface area contributed by atoms with E-state index in [1.165, 1.54) is 4.57 Å². The normalized spacial score (nSPS) is 11.4. The van der Waals surface area contributed by atoms with Crippen LogP contribution in [-0.2, 0) is 0 Å². The van der Waals surface area contributed by atoms with E-state index in [0.29, 0.717) is 27.2 Å². The van der Waals surface area contributed by atoms with E-state index >= 15 is 0 Å². The molecule has 114 valence electrons. The Bertz CT molecular complexity index is 1170. The Balaban J connectivity index is 2.24. The summed E-state index contributed by atoms with van der Waals surface area (Å²) >= 11 is 6.06. The monoisotopic (exact) mass is 326 g/mol. The van der Waals surface area contributed by atoms with Gasteiger partial charge in [-0.2, -0.15) is 0 Å². The zero-order valence-corrected chi connectivity index (χ0v) is 12.8. The van der Waals surface area contributed by atoms with Gasteiger partial charge in [0.05, 0.1) is 5.69 Å². The molecule has 4 aromatic rings. The summed E-state index contributed by atoms with van der Waals surface area (Å²) in [5, 5.41) is 1.12. The summed E-state index contributed by atoms with van der Waals surface area (Å²) in [4.78, 5) is 26.8. The first kappa shape index (κ1) is 13.8. The number of H-pyrrole nitrogens is 1. The summed E-state index contributed by atoms with van der Waals surface area (Å²) in [5.41, 5.74) is 1.66. The van der Waals surface area contributed by atoms with Crippen molar-refractivity contribution >= 4 is 33.7 Å². The van der Waals surface area contributed by atoms with Crippen LogP contribution in [0.25, 0.3) is 27.8 Å². The maximum atomic E-state index is 12.4. The van der Waals surface area contributed by atoms with Gasteiger partial charge in [-0.25, -0.2) is 4.79 Å². The van der Waals surface area contributed by atoms with Crippen LogP contribution < -0.4 is 11.2 Å². The number of rotatable bonds is 1. The van der Waals surface area contributed by atoms with Crippen LogP contribution >= 0.6 is 11.6 Å². The van der Waals surface area contributed by atoms with Gasteiger partial charge in [-0.15, -0.1) is 0 Å². The van der Waals surface area contributed by atoms with Crippen LogP contribution in [0.2, 0.25) is 5.02 Å². The highest BCUT2D eigenvalue weighted by Gasteiger charge is 2.17. The van der Waals surface area contributed by atoms with Crippen LogP contribution in [0.1, 0.15) is 5.56 Å². The molecule has 0 unspecified atom stereocenters. The van der Waals surface area contributed by atoms with Gasteiger partial charge < -0.3 is 4.42 Å². The van der Waals surface area contributed by atoms with E-state index in [0.717, 1.165) is 5.56 Å². The molecule has 0 aliphatic rings. The van der Waals surface area contributed by atoms with Crippen molar-refractivity contribution in [3.05, 3.63) is 73.9 Å². The predicted octanol–water partition coefficient (Wildman–Crippen LogP) is 3.39. The maximum Gasteiger partial charge on any atom is 0.333 e. The van der Waals surface area contributed by atoms with E-state index in [2.05, 4.69) is 4.98 Å². The summed E-state index contributed by atoms with van der Waals surface area (Å²) in [6.07, 6.45) is 0. The smallest absolute Gasteiger partial charge is 0.333 e. The Hall–Kier alpha value is -2.79. The second kappa shape index (κ2) is 4.86. The molecule has 0 saturated heterocycles. The van der Waals surface area contributed by atoms with Gasteiger partial charge in [-0.1, -0.05) is 29.3 Å². The Kier molecular flexibility index (Phi) is 2.92. The fourth-order valence-corrected chi connectivity index (χ4v) is 2.86. The lowest BCUT2D eigenvalue weighted by Gasteiger charge is -2.07. The molecule has 0 saturated carbocycles. The standard InChI is InChI=1S/C17H11ClN2O3/c1-9-2-5-11(6-3-9)20-14-12-8-10(18)4-7-13(12)23-15(14)16(21)19-17(20)22/h2-8H,1H3,(H,19,21,22). The molecule has 5 nitrogen and oxygen atoms in total. The molecule has 2 heterocycles. The summed E-state index contributed by atoms with van der Waals surface area (Å²) in [6.45, 7) is 1.96. The first-order valence-corrected chi connectivity index (χ1v) is 7.36. The van der Waals surface area contributed by atoms with Gasteiger partial charge in [0.1, 0.15) is 11.1 Å². The average molecular weight is 327 g/mol. The van der Waals surface area contributed by atoms with Crippen LogP contribution in [0.15, 0.2) is 56.5 Å². The van der Waals surface area contributed by atoms with Crippen LogP contribution in [-0.4, -0.2) is 9.55 Å². The quantitative estimate of drug-likeness (QED) is 0.583. The Labute approximate surface area is 134 Å². The van der Waals surface area contributed by atoms with E-state index < -0.39 is 11.2 Å². The zero-order valence-electron chi connectivity index (χ0n) is 12.1. The lowest BCUT2D eigenvalue weighted by atomic mass is 10.2. The van der Waals surface area contributed by atoms with Crippen molar-refractivity contribution in [3.63, 3.8) is 0 Å². The molecule has 0 bridgehead atoms. The maximum absolute atomic E-state index is 12.4. The van der Waals surface area contributed by atoms with Gasteiger partial charge >= 0.3 is 5.69 Å². The second-order valence-corrected chi connectivity index (χ2v) is 5.79. The molecule has 0 aliphatic carbocycles. The fraction of sp³-hybridized carbons (Fsp3) is 0.0588. The van der Waals surface area contributed by atoms with E-state index in [9.17, 15) is 9.59 Å². The number of furan rings is 1. The van der Waals surface area contributed by atoms with Crippen LogP contribution in [0.5, 0.6) is 0 Å². The van der Waals surface area contributed by atoms with Crippen LogP contribution in [0.4, 0.5) is 0 Å². The van der Waals surface area contributed by atoms with Crippen molar-refractivity contribution in [3.8, 4) is 5.69 Å². The van der Waals surface area contributed by atoms with E-state index in [1.54, 1.807) is 18.2 Å². The minimum absolute atomic E-state index is 0.0995. The van der Waals surface area contributed by atoms with Gasteiger partial charge in [0.2, 0.25) is 5.58 Å². The number of nitrogens with one attached hydrogen (secondary N) is 1. The van der Waals surface area contributed by atoms with E-state index in [1.807, 2.05) is 31.2 Å². The highest BCUT2D eigenvalue weighted by molar-refractivity contribution is 6.31. The third-order valence-electron chi connectivity index (χ3n) is 3.77. The number of nitrogens with zero attached hydrogens (tertiary/aromatic N) is 1. The summed E-state index contributed by atoms with van der Waals surface area (Å²) in [5.74, 6) is 0. The molecule has 4 rings (SSSR count). The number of aryl methyl sites for hydroxylation is 1. The van der Waals surface area contributed by atoms with Crippen LogP contribution in [0.3, 0.4) is 0 Å². The summed E-state index contributed by atoms with van der Waals surface area (Å²) in [6, 6.07) is 12.5. The zero-order chi connectivity index (χ0) is 16.1. The van der Waals surface area contributed by atoms with Gasteiger partial charge in [-0.3, -0.25) is 14.3 Å². The Morgan fingerprint density at radius 3 is 2.57 bits per heavy atom. The molecule has 0 aliphatic heterocycles. The molecule has 2 aromatic heterocycles. The number of halogens is 1. The minimum Gasteiger partial charge on any atom is -0.449 e. The lowest BCUT2D eigenvalue weighted by Crippen LogP contribution is -2.28. The molecule has 23 heavy (non-hydrogen) atoms. The fourth-order valence-electron chi connectivity index (χ4n) is 2.68. The van der Waals surface area contributed by atoms with Crippen molar-refractivity contribution < 1.29 is 4.42 Å². The average Bonchev–Trinajstić information content (AvgIpc) is 2.88. The number of benzene rings is 2. The van der Waals surface area contributed by atoms with Crippen LogP contribution in [0, 0.1) is 6.92 Å². The highest BCUT2D eigenvalue weighted by Crippen LogP contribution is 2.29. The molecule has 1 N–H and O–H groups in total. The molecule has 6 heteroatoms. The van der Waals surface area contributed by atoms with Crippen molar-refractivity contribution in [2.45, 2.75) is 6.92 Å². The topological polar surface area (TPSA) is 68.0 Å². The molecule has 2 aromatic carbocycles. The second-order valence-electron chi connectivity index (χ2n) is 5.35. The molecule has 0 spiro atoms. The first-order valence-electron chi connectivity index (χ1n) is 6.99. The van der Waals surface area contributed by atoms with Crippen molar-refractivity contribution in [1.29, 1.82) is 0 Å². The van der Waals surface area contributed by atoms with E-state index in [-0.39, 0.29) is 5.58 Å². The minimum atomic E-state index is -0.555. The van der Waals surface area contributed by atoms with Gasteiger partial charge in [0.25, 0.3) is 5.56 Å². The third-order valence-corrected chi connectivity index (χ3v) is 4.00. The third kappa shape index (κ3) is 2.09. The number of aromatic nitrogens is 2. The number of aromatic amines is 1. The van der Waals surface area contributed by atoms with E-state index in [4.69, 9.17) is 16.0 Å². The molecule has 0 radical (unpaired) electrons. The Morgan fingerprint density at radius 2 is 1.83 bits per heavy atom. The van der Waals surface area contributed by atoms with Crippen molar-refractivity contribution in [2.24, 2.45) is 0 Å². The summed E-state index contributed by atoms with van der Waals surface area (Å²) in [7, 11) is 0. The molecule has 0 atom stereocenters. The Morgan fingerprint density at radius 1 is 1.09 bits per heavy atom. The van der Waals surface area contributed by atoms with Gasteiger partial charge in [0.15, 0.2) is 0 Å². The van der Waals surface area contributed by atoms with Gasteiger partial charge in [0, 0.05) is 10.4 Å². The molecular weight excluding hydrogens is 316 g/mol. The number of hydrogen-bond acceptors (Lipinski definition) is 3. The lowest BCUT2D eigenvalue weighted by molar-refractivity contribution is 0.658. The van der Waals surface area contributed by atoms with Crippen molar-refractivity contribution in [2.75, 3.05) is 0 Å². The van der Waals surface area contributed by atoms with Gasteiger partial charge in [-0.05, 0) is 37.3 Å². The largest absolute Gasteiger partial charge is 0.449 e. The number of hydrogen-bond donors (Lipinski definition) is 1. The molecular formula is C17H11ClN2O3. The highest BCUT2D eigenvalue weighted by atomic mass is 35.5. The predicted molar refractivity (Wildman–Crippen MR) is 89.7 cm³/mol. The SMILES string of the molecule is Cc1ccc(-n2c(=O)[nH]c(=O)c3oc4ccc(Cl)cc4c32)cc1. The summed E-state index contributed by atoms with van der Waals surface area (Å²) < 4.78 is 7.05. The molecule has 0 fully saturated rings.